The fourth-order valence-electron chi connectivity index (χ4n) is 1.47. The maximum Gasteiger partial charge on any atom is 0.0302 e. The van der Waals surface area contributed by atoms with E-state index >= 15 is 0 Å². The standard InChI is InChI=1S/C14H23N/c1-6-10-13(8-3)14(11-7-2)12-15(5)9-4/h1,7,11H,8-10,12H2,2-5H3/b11-7-,14-13+. The van der Waals surface area contributed by atoms with Gasteiger partial charge in [-0.1, -0.05) is 31.6 Å². The smallest absolute Gasteiger partial charge is 0.0302 e. The summed E-state index contributed by atoms with van der Waals surface area (Å²) in [6, 6.07) is 0. The maximum atomic E-state index is 5.38. The molecule has 0 aliphatic rings. The molecule has 0 spiro atoms. The minimum atomic E-state index is 0.772. The Balaban J connectivity index is 4.81. The molecule has 0 fully saturated rings. The Morgan fingerprint density at radius 2 is 2.07 bits per heavy atom. The molecule has 0 aliphatic heterocycles. The minimum absolute atomic E-state index is 0.772. The van der Waals surface area contributed by atoms with E-state index in [0.717, 1.165) is 25.9 Å². The molecule has 1 heteroatoms. The number of terminal acetylenes is 1. The van der Waals surface area contributed by atoms with Crippen molar-refractivity contribution >= 4 is 0 Å². The zero-order chi connectivity index (χ0) is 11.7. The Kier molecular flexibility index (Phi) is 7.77. The molecule has 0 saturated heterocycles. The van der Waals surface area contributed by atoms with E-state index in [0.29, 0.717) is 0 Å². The molecule has 15 heavy (non-hydrogen) atoms. The Morgan fingerprint density at radius 3 is 2.47 bits per heavy atom. The Bertz CT molecular complexity index is 266. The van der Waals surface area contributed by atoms with E-state index in [9.17, 15) is 0 Å². The highest BCUT2D eigenvalue weighted by molar-refractivity contribution is 5.29. The lowest BCUT2D eigenvalue weighted by molar-refractivity contribution is 0.385. The summed E-state index contributed by atoms with van der Waals surface area (Å²) in [5.74, 6) is 2.74. The van der Waals surface area contributed by atoms with Crippen LogP contribution in [0.25, 0.3) is 0 Å². The van der Waals surface area contributed by atoms with Gasteiger partial charge in [-0.15, -0.1) is 12.3 Å². The number of hydrogen-bond donors (Lipinski definition) is 0. The Labute approximate surface area is 94.9 Å². The first-order valence-corrected chi connectivity index (χ1v) is 5.65. The first-order chi connectivity index (χ1) is 7.19. The van der Waals surface area contributed by atoms with Gasteiger partial charge in [0.15, 0.2) is 0 Å². The van der Waals surface area contributed by atoms with Crippen LogP contribution in [0.1, 0.15) is 33.6 Å². The van der Waals surface area contributed by atoms with Crippen molar-refractivity contribution in [2.75, 3.05) is 20.1 Å². The van der Waals surface area contributed by atoms with Crippen LogP contribution in [-0.4, -0.2) is 25.0 Å². The highest BCUT2D eigenvalue weighted by Crippen LogP contribution is 2.15. The predicted octanol–water partition coefficient (Wildman–Crippen LogP) is 3.24. The predicted molar refractivity (Wildman–Crippen MR) is 68.8 cm³/mol. The van der Waals surface area contributed by atoms with Crippen molar-refractivity contribution in [1.82, 2.24) is 4.90 Å². The van der Waals surface area contributed by atoms with Gasteiger partial charge in [-0.2, -0.15) is 0 Å². The Morgan fingerprint density at radius 1 is 1.40 bits per heavy atom. The third kappa shape index (κ3) is 5.44. The molecule has 0 unspecified atom stereocenters. The van der Waals surface area contributed by atoms with Gasteiger partial charge in [-0.25, -0.2) is 0 Å². The number of hydrogen-bond acceptors (Lipinski definition) is 1. The van der Waals surface area contributed by atoms with Crippen molar-refractivity contribution in [2.45, 2.75) is 33.6 Å². The fraction of sp³-hybridized carbons (Fsp3) is 0.571. The first-order valence-electron chi connectivity index (χ1n) is 5.65. The molecule has 0 aromatic rings. The fourth-order valence-corrected chi connectivity index (χ4v) is 1.47. The summed E-state index contributed by atoms with van der Waals surface area (Å²) >= 11 is 0. The van der Waals surface area contributed by atoms with E-state index in [2.05, 4.69) is 50.8 Å². The van der Waals surface area contributed by atoms with Gasteiger partial charge < -0.3 is 4.90 Å². The maximum absolute atomic E-state index is 5.38. The molecular weight excluding hydrogens is 182 g/mol. The van der Waals surface area contributed by atoms with Crippen molar-refractivity contribution in [1.29, 1.82) is 0 Å². The van der Waals surface area contributed by atoms with Crippen molar-refractivity contribution in [3.05, 3.63) is 23.3 Å². The highest BCUT2D eigenvalue weighted by Gasteiger charge is 2.04. The van der Waals surface area contributed by atoms with Crippen molar-refractivity contribution in [2.24, 2.45) is 0 Å². The molecule has 0 N–H and O–H groups in total. The molecule has 0 aromatic heterocycles. The summed E-state index contributed by atoms with van der Waals surface area (Å²) in [4.78, 5) is 2.29. The van der Waals surface area contributed by atoms with Crippen LogP contribution in [0.3, 0.4) is 0 Å². The highest BCUT2D eigenvalue weighted by atomic mass is 15.1. The second kappa shape index (κ2) is 8.32. The molecule has 0 radical (unpaired) electrons. The van der Waals surface area contributed by atoms with Gasteiger partial charge in [0.1, 0.15) is 0 Å². The Hall–Kier alpha value is -1.00. The summed E-state index contributed by atoms with van der Waals surface area (Å²) in [6.07, 6.45) is 11.5. The molecule has 1 nitrogen and oxygen atoms in total. The average Bonchev–Trinajstić information content (AvgIpc) is 2.25. The quantitative estimate of drug-likeness (QED) is 0.475. The third-order valence-corrected chi connectivity index (χ3v) is 2.54. The van der Waals surface area contributed by atoms with Crippen LogP contribution < -0.4 is 0 Å². The number of likely N-dealkylation sites (N-methyl/N-ethyl adjacent to an activating group) is 1. The molecule has 0 atom stereocenters. The second-order valence-corrected chi connectivity index (χ2v) is 3.69. The number of allylic oxidation sites excluding steroid dienone is 2. The van der Waals surface area contributed by atoms with Gasteiger partial charge >= 0.3 is 0 Å². The zero-order valence-electron chi connectivity index (χ0n) is 10.5. The van der Waals surface area contributed by atoms with Crippen LogP contribution in [0, 0.1) is 12.3 Å². The number of rotatable bonds is 6. The van der Waals surface area contributed by atoms with Crippen LogP contribution in [0.4, 0.5) is 0 Å². The normalized spacial score (nSPS) is 13.1. The van der Waals surface area contributed by atoms with Gasteiger partial charge in [0.05, 0.1) is 0 Å². The van der Waals surface area contributed by atoms with E-state index in [1.165, 1.54) is 11.1 Å². The molecule has 0 aromatic carbocycles. The SMILES string of the molecule is C#CC/C(CC)=C(\C=C/C)CN(C)CC. The van der Waals surface area contributed by atoms with Gasteiger partial charge in [-0.05, 0) is 32.5 Å². The van der Waals surface area contributed by atoms with Crippen LogP contribution in [0.2, 0.25) is 0 Å². The van der Waals surface area contributed by atoms with Crippen LogP contribution >= 0.6 is 0 Å². The van der Waals surface area contributed by atoms with E-state index in [1.807, 2.05) is 0 Å². The molecule has 0 rings (SSSR count). The summed E-state index contributed by atoms with van der Waals surface area (Å²) in [7, 11) is 2.13. The minimum Gasteiger partial charge on any atom is -0.302 e. The lowest BCUT2D eigenvalue weighted by atomic mass is 10.0. The van der Waals surface area contributed by atoms with Crippen LogP contribution in [0.15, 0.2) is 23.3 Å². The molecule has 84 valence electrons. The average molecular weight is 205 g/mol. The molecule has 0 bridgehead atoms. The summed E-state index contributed by atoms with van der Waals surface area (Å²) < 4.78 is 0. The number of nitrogens with zero attached hydrogens (tertiary/aromatic N) is 1. The summed E-state index contributed by atoms with van der Waals surface area (Å²) in [6.45, 7) is 8.44. The van der Waals surface area contributed by atoms with Gasteiger partial charge in [0.2, 0.25) is 0 Å². The van der Waals surface area contributed by atoms with Gasteiger partial charge in [-0.3, -0.25) is 0 Å². The van der Waals surface area contributed by atoms with Gasteiger partial charge in [0, 0.05) is 13.0 Å². The lowest BCUT2D eigenvalue weighted by Gasteiger charge is -2.17. The van der Waals surface area contributed by atoms with Crippen molar-refractivity contribution < 1.29 is 0 Å². The monoisotopic (exact) mass is 205 g/mol. The van der Waals surface area contributed by atoms with Crippen LogP contribution in [-0.2, 0) is 0 Å². The van der Waals surface area contributed by atoms with E-state index < -0.39 is 0 Å². The third-order valence-electron chi connectivity index (χ3n) is 2.54. The zero-order valence-corrected chi connectivity index (χ0v) is 10.5. The molecular formula is C14H23N. The molecule has 0 amide bonds. The molecule has 0 aliphatic carbocycles. The van der Waals surface area contributed by atoms with Gasteiger partial charge in [0.25, 0.3) is 0 Å². The van der Waals surface area contributed by atoms with Crippen molar-refractivity contribution in [3.63, 3.8) is 0 Å². The van der Waals surface area contributed by atoms with Crippen molar-refractivity contribution in [3.8, 4) is 12.3 Å². The van der Waals surface area contributed by atoms with Crippen LogP contribution in [0.5, 0.6) is 0 Å². The molecule has 0 heterocycles. The second-order valence-electron chi connectivity index (χ2n) is 3.69. The lowest BCUT2D eigenvalue weighted by Crippen LogP contribution is -2.20. The molecule has 0 saturated carbocycles. The summed E-state index contributed by atoms with van der Waals surface area (Å²) in [5.41, 5.74) is 2.76. The van der Waals surface area contributed by atoms with E-state index in [4.69, 9.17) is 6.42 Å². The van der Waals surface area contributed by atoms with E-state index in [-0.39, 0.29) is 0 Å². The summed E-state index contributed by atoms with van der Waals surface area (Å²) in [5, 5.41) is 0. The van der Waals surface area contributed by atoms with E-state index in [1.54, 1.807) is 0 Å². The first kappa shape index (κ1) is 14.0. The largest absolute Gasteiger partial charge is 0.302 e. The topological polar surface area (TPSA) is 3.24 Å².